The van der Waals surface area contributed by atoms with Gasteiger partial charge >= 0.3 is 13.7 Å². The summed E-state index contributed by atoms with van der Waals surface area (Å²) in [7, 11) is -4.61. The Morgan fingerprint density at radius 2 is 1.98 bits per heavy atom. The molecule has 0 radical (unpaired) electrons. The molecule has 1 saturated heterocycles. The van der Waals surface area contributed by atoms with Crippen molar-refractivity contribution in [2.75, 3.05) is 25.6 Å². The molecule has 4 rings (SSSR count). The van der Waals surface area contributed by atoms with E-state index in [1.807, 2.05) is 20.8 Å². The van der Waals surface area contributed by atoms with Gasteiger partial charge < -0.3 is 29.6 Å². The summed E-state index contributed by atoms with van der Waals surface area (Å²) in [6.07, 6.45) is -3.34. The summed E-state index contributed by atoms with van der Waals surface area (Å²) in [5, 5.41) is 13.5. The fourth-order valence-corrected chi connectivity index (χ4v) is 5.78. The topological polar surface area (TPSA) is 182 Å². The molecule has 4 N–H and O–H groups in total. The average Bonchev–Trinajstić information content (AvgIpc) is 3.43. The first-order valence-corrected chi connectivity index (χ1v) is 15.3. The zero-order valence-electron chi connectivity index (χ0n) is 25.2. The van der Waals surface area contributed by atoms with E-state index in [-0.39, 0.29) is 47.4 Å². The van der Waals surface area contributed by atoms with Crippen LogP contribution in [0.4, 0.5) is 14.7 Å². The molecule has 0 saturated carbocycles. The van der Waals surface area contributed by atoms with E-state index in [1.165, 1.54) is 19.1 Å². The van der Waals surface area contributed by atoms with Gasteiger partial charge in [-0.05, 0) is 38.3 Å². The van der Waals surface area contributed by atoms with Gasteiger partial charge in [0, 0.05) is 0 Å². The van der Waals surface area contributed by atoms with Crippen molar-refractivity contribution in [3.8, 4) is 11.6 Å². The zero-order chi connectivity index (χ0) is 32.5. The van der Waals surface area contributed by atoms with Crippen molar-refractivity contribution < 1.29 is 46.5 Å². The fraction of sp³-hybridized carbons (Fsp3) is 0.556. The third kappa shape index (κ3) is 7.26. The molecule has 1 aliphatic rings. The highest BCUT2D eigenvalue weighted by atomic mass is 31.2. The van der Waals surface area contributed by atoms with Crippen LogP contribution >= 0.6 is 7.75 Å². The lowest BCUT2D eigenvalue weighted by Crippen LogP contribution is -2.46. The van der Waals surface area contributed by atoms with Crippen molar-refractivity contribution in [2.45, 2.75) is 71.4 Å². The van der Waals surface area contributed by atoms with E-state index in [0.29, 0.717) is 0 Å². The molecular weight excluding hydrogens is 605 g/mol. The maximum Gasteiger partial charge on any atom is 0.459 e. The van der Waals surface area contributed by atoms with Gasteiger partial charge in [0.05, 0.1) is 19.5 Å². The van der Waals surface area contributed by atoms with E-state index in [0.717, 1.165) is 17.8 Å². The van der Waals surface area contributed by atoms with Crippen molar-refractivity contribution in [1.82, 2.24) is 24.6 Å². The van der Waals surface area contributed by atoms with E-state index < -0.39 is 50.2 Å². The first-order chi connectivity index (χ1) is 20.5. The number of hydrogen-bond acceptors (Lipinski definition) is 12. The van der Waals surface area contributed by atoms with E-state index >= 15 is 8.78 Å². The van der Waals surface area contributed by atoms with Crippen LogP contribution in [-0.4, -0.2) is 74.1 Å². The molecule has 242 valence electrons. The predicted molar refractivity (Wildman–Crippen MR) is 154 cm³/mol. The monoisotopic (exact) mass is 642 g/mol. The van der Waals surface area contributed by atoms with Crippen LogP contribution < -0.4 is 20.1 Å². The van der Waals surface area contributed by atoms with Crippen LogP contribution in [0.25, 0.3) is 11.2 Å². The molecule has 2 aromatic heterocycles. The lowest BCUT2D eigenvalue weighted by molar-refractivity contribution is -0.192. The van der Waals surface area contributed by atoms with Crippen LogP contribution in [0.5, 0.6) is 11.6 Å². The number of fused-ring (bicyclic) bond motifs is 1. The molecule has 0 bridgehead atoms. The molecule has 44 heavy (non-hydrogen) atoms. The summed E-state index contributed by atoms with van der Waals surface area (Å²) in [5.74, 6) is -4.28. The first-order valence-electron chi connectivity index (χ1n) is 13.8. The van der Waals surface area contributed by atoms with E-state index in [2.05, 4.69) is 20.0 Å². The molecule has 1 aliphatic heterocycles. The molecule has 6 atom stereocenters. The molecule has 3 unspecified atom stereocenters. The molecule has 1 fully saturated rings. The van der Waals surface area contributed by atoms with Gasteiger partial charge in [0.15, 0.2) is 23.6 Å². The number of aromatic nitrogens is 4. The summed E-state index contributed by atoms with van der Waals surface area (Å²) in [6.45, 7) is 8.60. The number of carbonyl (C=O) groups excluding carboxylic acids is 1. The standard InChI is InChI=1S/C27H37F2N6O8P/c1-7-39-20-18-19(32-24(30)33-20)35(15-31-18)23-26(6,37)22(28)27(29,42-23)14-41-44(38,43-17-11-9-8-10-12-17)34-16(2)21(36)40-13-25(3,4)5/h8-12,15-16,22-23,37H,7,13-14H2,1-6H3,(H,34,38)(H2,30,32,33)/t16?,22-,23?,26+,27+,44?/m0/s1. The maximum absolute atomic E-state index is 16.2. The van der Waals surface area contributed by atoms with Gasteiger partial charge in [-0.2, -0.15) is 15.1 Å². The highest BCUT2D eigenvalue weighted by molar-refractivity contribution is 7.52. The predicted octanol–water partition coefficient (Wildman–Crippen LogP) is 3.86. The number of anilines is 1. The van der Waals surface area contributed by atoms with Gasteiger partial charge in [-0.15, -0.1) is 0 Å². The Morgan fingerprint density at radius 3 is 2.61 bits per heavy atom. The number of nitrogens with two attached hydrogens (primary N) is 1. The Kier molecular flexibility index (Phi) is 9.52. The molecule has 0 amide bonds. The van der Waals surface area contributed by atoms with Crippen LogP contribution in [0, 0.1) is 5.41 Å². The Balaban J connectivity index is 1.59. The van der Waals surface area contributed by atoms with Crippen LogP contribution in [0.1, 0.15) is 47.8 Å². The summed E-state index contributed by atoms with van der Waals surface area (Å²) in [5.41, 5.74) is 3.02. The van der Waals surface area contributed by atoms with Crippen LogP contribution in [0.15, 0.2) is 36.7 Å². The number of hydrogen-bond donors (Lipinski definition) is 3. The third-order valence-electron chi connectivity index (χ3n) is 6.39. The molecule has 1 aromatic carbocycles. The van der Waals surface area contributed by atoms with Gasteiger partial charge in [0.2, 0.25) is 11.8 Å². The number of halogens is 2. The first kappa shape index (κ1) is 33.5. The number of benzene rings is 1. The Labute approximate surface area is 252 Å². The molecule has 14 nitrogen and oxygen atoms in total. The number of esters is 1. The fourth-order valence-electron chi connectivity index (χ4n) is 4.27. The minimum Gasteiger partial charge on any atom is -0.476 e. The minimum atomic E-state index is -4.61. The quantitative estimate of drug-likeness (QED) is 0.191. The molecule has 0 spiro atoms. The number of alkyl halides is 2. The second kappa shape index (κ2) is 12.5. The number of nitrogen functional groups attached to an aromatic ring is 1. The molecule has 0 aliphatic carbocycles. The van der Waals surface area contributed by atoms with Crippen LogP contribution in [-0.2, 0) is 23.4 Å². The van der Waals surface area contributed by atoms with Crippen LogP contribution in [0.2, 0.25) is 0 Å². The lowest BCUT2D eigenvalue weighted by Gasteiger charge is -2.28. The smallest absolute Gasteiger partial charge is 0.459 e. The van der Waals surface area contributed by atoms with Gasteiger partial charge in [0.25, 0.3) is 5.85 Å². The number of nitrogens with one attached hydrogen (secondary N) is 1. The second-order valence-corrected chi connectivity index (χ2v) is 13.4. The third-order valence-corrected chi connectivity index (χ3v) is 8.02. The van der Waals surface area contributed by atoms with Crippen molar-refractivity contribution in [1.29, 1.82) is 0 Å². The highest BCUT2D eigenvalue weighted by Crippen LogP contribution is 2.52. The largest absolute Gasteiger partial charge is 0.476 e. The van der Waals surface area contributed by atoms with E-state index in [4.69, 9.17) is 29.0 Å². The second-order valence-electron chi connectivity index (χ2n) is 11.7. The minimum absolute atomic E-state index is 0.0223. The highest BCUT2D eigenvalue weighted by Gasteiger charge is 2.65. The molecule has 3 aromatic rings. The number of rotatable bonds is 12. The molecule has 3 heterocycles. The Bertz CT molecular complexity index is 1520. The van der Waals surface area contributed by atoms with Crippen molar-refractivity contribution in [2.24, 2.45) is 5.41 Å². The van der Waals surface area contributed by atoms with Crippen LogP contribution in [0.3, 0.4) is 0 Å². The normalized spacial score (nSPS) is 25.8. The number of para-hydroxylation sites is 1. The number of imidazole rings is 1. The number of nitrogens with zero attached hydrogens (tertiary/aromatic N) is 4. The summed E-state index contributed by atoms with van der Waals surface area (Å²) < 4.78 is 73.9. The summed E-state index contributed by atoms with van der Waals surface area (Å²) >= 11 is 0. The molecule has 17 heteroatoms. The van der Waals surface area contributed by atoms with E-state index in [1.54, 1.807) is 25.1 Å². The lowest BCUT2D eigenvalue weighted by atomic mass is 9.97. The summed E-state index contributed by atoms with van der Waals surface area (Å²) in [4.78, 5) is 24.8. The summed E-state index contributed by atoms with van der Waals surface area (Å²) in [6, 6.07) is 6.49. The number of ether oxygens (including phenoxy) is 3. The van der Waals surface area contributed by atoms with Crippen molar-refractivity contribution in [3.63, 3.8) is 0 Å². The Hall–Kier alpha value is -3.43. The zero-order valence-corrected chi connectivity index (χ0v) is 26.1. The maximum atomic E-state index is 16.2. The van der Waals surface area contributed by atoms with Gasteiger partial charge in [0.1, 0.15) is 24.0 Å². The number of carbonyl (C=O) groups is 1. The van der Waals surface area contributed by atoms with Gasteiger partial charge in [-0.25, -0.2) is 18.3 Å². The van der Waals surface area contributed by atoms with Gasteiger partial charge in [-0.1, -0.05) is 39.0 Å². The number of aliphatic hydroxyl groups is 1. The van der Waals surface area contributed by atoms with Gasteiger partial charge in [-0.3, -0.25) is 13.9 Å². The van der Waals surface area contributed by atoms with Crippen molar-refractivity contribution in [3.05, 3.63) is 36.7 Å². The van der Waals surface area contributed by atoms with Crippen molar-refractivity contribution >= 4 is 30.8 Å². The SMILES string of the molecule is CCOc1nc(N)nc2c1ncn2C1O[C@](F)(COP(=O)(NC(C)C(=O)OCC(C)(C)C)Oc2ccccc2)[C@@H](F)[C@@]1(C)O. The van der Waals surface area contributed by atoms with E-state index in [9.17, 15) is 14.5 Å². The Morgan fingerprint density at radius 1 is 1.30 bits per heavy atom. The molecular formula is C27H37F2N6O8P. The average molecular weight is 643 g/mol.